The monoisotopic (exact) mass is 1230 g/mol. The lowest BCUT2D eigenvalue weighted by molar-refractivity contribution is -0.378. The van der Waals surface area contributed by atoms with Crippen LogP contribution < -0.4 is 0 Å². The molecule has 8 fully saturated rings. The minimum absolute atomic E-state index is 0.0142. The van der Waals surface area contributed by atoms with Crippen LogP contribution in [0.4, 0.5) is 0 Å². The molecule has 30 atom stereocenters. The van der Waals surface area contributed by atoms with Crippen LogP contribution in [0, 0.1) is 45.3 Å². The fraction of sp³-hybridized carbons (Fsp3) is 0.919. The van der Waals surface area contributed by atoms with Gasteiger partial charge in [-0.2, -0.15) is 0 Å². The summed E-state index contributed by atoms with van der Waals surface area (Å²) in [6.07, 6.45) is -19.3. The fourth-order valence-electron chi connectivity index (χ4n) is 17.2. The zero-order chi connectivity index (χ0) is 63.2. The van der Waals surface area contributed by atoms with E-state index in [0.29, 0.717) is 44.9 Å². The number of hydrogen-bond acceptors (Lipinski definition) is 24. The first kappa shape index (κ1) is 69.9. The lowest BCUT2D eigenvalue weighted by Crippen LogP contribution is -2.68. The maximum absolute atomic E-state index is 12.9. The second kappa shape index (κ2) is 28.1. The van der Waals surface area contributed by atoms with E-state index in [2.05, 4.69) is 47.6 Å². The summed E-state index contributed by atoms with van der Waals surface area (Å²) in [5.41, 5.74) is -1.70. The van der Waals surface area contributed by atoms with Crippen molar-refractivity contribution in [3.63, 3.8) is 0 Å². The number of ether oxygens (including phenoxy) is 9. The van der Waals surface area contributed by atoms with E-state index in [1.54, 1.807) is 6.08 Å². The molecule has 8 rings (SSSR count). The standard InChI is InChI=1S/C62H104O24/c1-10-11-12-13-14-17-40(66)78-28-35-44(69)47(72)51(76)55(82-35)85-53-49(74)43(68)34(27-64)81-57(53)84-39-20-22-59(6)37(58(39,4)5)19-24-60(7)38(59)25-32(65)41-31(18-23-61(41,60)8)62(9,21-15-16-30(2)3)86-56-52(77)48(73)45(70)36(83-56)29-79-54-50(75)46(71)42(67)33(26-63)80-54/h14,16-17,31-39,41-57,63-65,67-77H,10-13,15,18-29H2,1-9H3/b17-14+/t31-,32+,33+,34+,35+,36+,37-,38+,39-,41-,42+,43+,44+,45+,46-,47-,48-,49-,50+,51+,52+,53+,54+,55-,56-,57-,59-,60+,61+,62-/m0/s1. The number of carbonyl (C=O) groups excluding carboxylic acids is 1. The number of hydrogen-bond donors (Lipinski definition) is 14. The molecule has 496 valence electrons. The Kier molecular flexibility index (Phi) is 22.9. The molecule has 0 spiro atoms. The van der Waals surface area contributed by atoms with Gasteiger partial charge in [0.05, 0.1) is 37.6 Å². The quantitative estimate of drug-likeness (QED) is 0.0230. The highest BCUT2D eigenvalue weighted by atomic mass is 16.8. The van der Waals surface area contributed by atoms with Gasteiger partial charge in [0.25, 0.3) is 0 Å². The molecule has 0 amide bonds. The number of carbonyl (C=O) groups is 1. The van der Waals surface area contributed by atoms with E-state index in [1.165, 1.54) is 6.08 Å². The van der Waals surface area contributed by atoms with Crippen LogP contribution in [0.2, 0.25) is 0 Å². The highest BCUT2D eigenvalue weighted by Crippen LogP contribution is 2.76. The summed E-state index contributed by atoms with van der Waals surface area (Å²) in [5.74, 6) is -1.25. The molecule has 0 aromatic carbocycles. The molecule has 0 aromatic heterocycles. The summed E-state index contributed by atoms with van der Waals surface area (Å²) in [6.45, 7) is 16.8. The molecule has 0 aromatic rings. The Morgan fingerprint density at radius 2 is 1.15 bits per heavy atom. The van der Waals surface area contributed by atoms with Gasteiger partial charge >= 0.3 is 5.97 Å². The van der Waals surface area contributed by atoms with Crippen molar-refractivity contribution in [2.24, 2.45) is 45.3 Å². The molecule has 4 saturated carbocycles. The summed E-state index contributed by atoms with van der Waals surface area (Å²) in [5, 5.41) is 154. The van der Waals surface area contributed by atoms with Crippen LogP contribution in [-0.4, -0.2) is 245 Å². The van der Waals surface area contributed by atoms with Crippen molar-refractivity contribution >= 4 is 5.97 Å². The minimum atomic E-state index is -1.87. The number of rotatable bonds is 22. The Morgan fingerprint density at radius 3 is 1.78 bits per heavy atom. The lowest BCUT2D eigenvalue weighted by atomic mass is 9.35. The summed E-state index contributed by atoms with van der Waals surface area (Å²) in [4.78, 5) is 12.5. The molecule has 0 unspecified atom stereocenters. The number of unbranched alkanes of at least 4 members (excludes halogenated alkanes) is 3. The van der Waals surface area contributed by atoms with Crippen LogP contribution >= 0.6 is 0 Å². The smallest absolute Gasteiger partial charge is 0.330 e. The summed E-state index contributed by atoms with van der Waals surface area (Å²) in [7, 11) is 0. The average Bonchev–Trinajstić information content (AvgIpc) is 1.23. The van der Waals surface area contributed by atoms with E-state index in [0.717, 1.165) is 44.1 Å². The Balaban J connectivity index is 0.982. The van der Waals surface area contributed by atoms with Crippen LogP contribution in [0.3, 0.4) is 0 Å². The Hall–Kier alpha value is -1.93. The van der Waals surface area contributed by atoms with Crippen molar-refractivity contribution in [3.8, 4) is 0 Å². The predicted molar refractivity (Wildman–Crippen MR) is 303 cm³/mol. The molecule has 0 radical (unpaired) electrons. The molecule has 86 heavy (non-hydrogen) atoms. The van der Waals surface area contributed by atoms with E-state index in [1.807, 2.05) is 20.8 Å². The lowest BCUT2D eigenvalue weighted by Gasteiger charge is -2.71. The van der Waals surface area contributed by atoms with Gasteiger partial charge in [-0.25, -0.2) is 4.79 Å². The van der Waals surface area contributed by atoms with E-state index in [9.17, 15) is 76.3 Å². The largest absolute Gasteiger partial charge is 0.460 e. The predicted octanol–water partition coefficient (Wildman–Crippen LogP) is 0.485. The van der Waals surface area contributed by atoms with Gasteiger partial charge in [0, 0.05) is 6.08 Å². The van der Waals surface area contributed by atoms with Gasteiger partial charge in [0.1, 0.15) is 104 Å². The second-order valence-electron chi connectivity index (χ2n) is 28.1. The third kappa shape index (κ3) is 13.5. The zero-order valence-corrected chi connectivity index (χ0v) is 51.6. The normalized spacial score (nSPS) is 48.4. The van der Waals surface area contributed by atoms with E-state index >= 15 is 0 Å². The second-order valence-corrected chi connectivity index (χ2v) is 28.1. The molecule has 8 aliphatic rings. The number of esters is 1. The maximum atomic E-state index is 12.9. The van der Waals surface area contributed by atoms with Crippen LogP contribution in [0.15, 0.2) is 23.8 Å². The molecule has 4 aliphatic heterocycles. The van der Waals surface area contributed by atoms with Gasteiger partial charge in [-0.05, 0) is 137 Å². The highest BCUT2D eigenvalue weighted by molar-refractivity contribution is 5.81. The van der Waals surface area contributed by atoms with Crippen molar-refractivity contribution in [2.45, 2.75) is 286 Å². The van der Waals surface area contributed by atoms with Crippen LogP contribution in [0.1, 0.15) is 146 Å². The molecule has 24 nitrogen and oxygen atoms in total. The molecule has 4 heterocycles. The van der Waals surface area contributed by atoms with Crippen molar-refractivity contribution in [3.05, 3.63) is 23.8 Å². The molecular formula is C62H104O24. The number of allylic oxidation sites excluding steroid dienone is 3. The van der Waals surface area contributed by atoms with Gasteiger partial charge < -0.3 is 114 Å². The molecule has 24 heteroatoms. The van der Waals surface area contributed by atoms with Crippen molar-refractivity contribution in [2.75, 3.05) is 26.4 Å². The van der Waals surface area contributed by atoms with Crippen LogP contribution in [0.25, 0.3) is 0 Å². The van der Waals surface area contributed by atoms with Gasteiger partial charge in [-0.1, -0.05) is 72.1 Å². The highest BCUT2D eigenvalue weighted by Gasteiger charge is 2.72. The minimum Gasteiger partial charge on any atom is -0.460 e. The third-order valence-electron chi connectivity index (χ3n) is 22.3. The molecule has 14 N–H and O–H groups in total. The molecule has 4 aliphatic carbocycles. The molecule has 4 saturated heterocycles. The van der Waals surface area contributed by atoms with Gasteiger partial charge in [0.15, 0.2) is 25.2 Å². The SMILES string of the molecule is CCCCC/C=C/C(=O)OC[C@H]1O[C@@H](O[C@H]2[C@H](O[C@H]3CC[C@]4(C)[C@H]5C[C@@H](O)[C@@H]6[C@@H]([C@](C)(CCC=C(C)C)O[C@@H]7O[C@H](CO[C@@H]8O[C@H](CO)[C@@H](O)[C@H](O)[C@H]8O)[C@@H](O)[C@H](O)[C@H]7O)CC[C@@]6(C)[C@]5(C)CC[C@H]4C3(C)C)O[C@H](CO)[C@@H](O)[C@@H]2O)[C@H](O)[C@@H](O)[C@@H]1O. The van der Waals surface area contributed by atoms with Crippen LogP contribution in [-0.2, 0) is 47.4 Å². The van der Waals surface area contributed by atoms with E-state index in [-0.39, 0.29) is 34.5 Å². The summed E-state index contributed by atoms with van der Waals surface area (Å²) in [6, 6.07) is 0. The molecule has 0 bridgehead atoms. The average molecular weight is 1230 g/mol. The zero-order valence-electron chi connectivity index (χ0n) is 51.6. The van der Waals surface area contributed by atoms with Crippen molar-refractivity contribution in [1.29, 1.82) is 0 Å². The van der Waals surface area contributed by atoms with E-state index in [4.69, 9.17) is 42.6 Å². The fourth-order valence-corrected chi connectivity index (χ4v) is 17.2. The number of aliphatic hydroxyl groups excluding tert-OH is 14. The van der Waals surface area contributed by atoms with Crippen LogP contribution in [0.5, 0.6) is 0 Å². The molecular weight excluding hydrogens is 1130 g/mol. The maximum Gasteiger partial charge on any atom is 0.330 e. The third-order valence-corrected chi connectivity index (χ3v) is 22.3. The Morgan fingerprint density at radius 1 is 0.593 bits per heavy atom. The Labute approximate surface area is 505 Å². The first-order valence-electron chi connectivity index (χ1n) is 31.5. The number of fused-ring (bicyclic) bond motifs is 5. The van der Waals surface area contributed by atoms with Gasteiger partial charge in [-0.15, -0.1) is 0 Å². The summed E-state index contributed by atoms with van der Waals surface area (Å²) >= 11 is 0. The Bertz CT molecular complexity index is 2270. The van der Waals surface area contributed by atoms with E-state index < -0.39 is 184 Å². The van der Waals surface area contributed by atoms with Gasteiger partial charge in [-0.3, -0.25) is 0 Å². The topological polar surface area (TPSA) is 383 Å². The van der Waals surface area contributed by atoms with Crippen molar-refractivity contribution in [1.82, 2.24) is 0 Å². The summed E-state index contributed by atoms with van der Waals surface area (Å²) < 4.78 is 55.0. The van der Waals surface area contributed by atoms with Gasteiger partial charge in [0.2, 0.25) is 0 Å². The number of aliphatic hydroxyl groups is 14. The first-order valence-corrected chi connectivity index (χ1v) is 31.5. The van der Waals surface area contributed by atoms with Crippen molar-refractivity contribution < 1.29 is 119 Å². The first-order chi connectivity index (χ1) is 40.4.